The summed E-state index contributed by atoms with van der Waals surface area (Å²) in [6.07, 6.45) is 3.04. The molecule has 18 heavy (non-hydrogen) atoms. The number of hydrogen-bond donors (Lipinski definition) is 2. The molecule has 0 bridgehead atoms. The largest absolute Gasteiger partial charge is 0.478 e. The normalized spacial score (nSPS) is 18.8. The van der Waals surface area contributed by atoms with E-state index >= 15 is 0 Å². The van der Waals surface area contributed by atoms with Gasteiger partial charge < -0.3 is 19.6 Å². The van der Waals surface area contributed by atoms with E-state index in [1.807, 2.05) is 0 Å². The Labute approximate surface area is 104 Å². The fraction of sp³-hybridized carbons (Fsp3) is 0.500. The third-order valence-corrected chi connectivity index (χ3v) is 2.96. The second-order valence-electron chi connectivity index (χ2n) is 4.24. The minimum Gasteiger partial charge on any atom is -0.478 e. The molecule has 1 aromatic rings. The van der Waals surface area contributed by atoms with Crippen LogP contribution in [0.3, 0.4) is 0 Å². The van der Waals surface area contributed by atoms with E-state index in [-0.39, 0.29) is 11.3 Å². The maximum atomic E-state index is 11.7. The van der Waals surface area contributed by atoms with E-state index in [1.165, 1.54) is 12.3 Å². The first-order chi connectivity index (χ1) is 8.68. The SMILES string of the molecule is O=C(O)c1ccoc1C(=O)NCCC1CCOC1. The highest BCUT2D eigenvalue weighted by atomic mass is 16.5. The first-order valence-electron chi connectivity index (χ1n) is 5.85. The van der Waals surface area contributed by atoms with Gasteiger partial charge in [-0.3, -0.25) is 4.79 Å². The number of aromatic carboxylic acids is 1. The molecule has 1 atom stereocenters. The summed E-state index contributed by atoms with van der Waals surface area (Å²) in [6.45, 7) is 2.00. The van der Waals surface area contributed by atoms with Crippen LogP contribution in [0, 0.1) is 5.92 Å². The van der Waals surface area contributed by atoms with Crippen molar-refractivity contribution in [2.24, 2.45) is 5.92 Å². The topological polar surface area (TPSA) is 88.8 Å². The summed E-state index contributed by atoms with van der Waals surface area (Å²) in [6, 6.07) is 1.27. The van der Waals surface area contributed by atoms with Crippen LogP contribution in [-0.4, -0.2) is 36.7 Å². The van der Waals surface area contributed by atoms with Crippen LogP contribution < -0.4 is 5.32 Å². The first-order valence-corrected chi connectivity index (χ1v) is 5.85. The molecule has 0 aromatic carbocycles. The van der Waals surface area contributed by atoms with Crippen molar-refractivity contribution in [3.63, 3.8) is 0 Å². The van der Waals surface area contributed by atoms with E-state index in [4.69, 9.17) is 14.3 Å². The highest BCUT2D eigenvalue weighted by molar-refractivity contribution is 6.02. The van der Waals surface area contributed by atoms with Gasteiger partial charge in [0.2, 0.25) is 5.76 Å². The Hall–Kier alpha value is -1.82. The van der Waals surface area contributed by atoms with Gasteiger partial charge in [0.15, 0.2) is 0 Å². The molecule has 2 N–H and O–H groups in total. The molecule has 1 fully saturated rings. The zero-order valence-corrected chi connectivity index (χ0v) is 9.85. The lowest BCUT2D eigenvalue weighted by molar-refractivity contribution is 0.0688. The van der Waals surface area contributed by atoms with Gasteiger partial charge in [-0.2, -0.15) is 0 Å². The maximum Gasteiger partial charge on any atom is 0.339 e. The molecule has 0 spiro atoms. The third kappa shape index (κ3) is 2.89. The lowest BCUT2D eigenvalue weighted by Gasteiger charge is -2.07. The number of rotatable bonds is 5. The Bertz CT molecular complexity index is 433. The van der Waals surface area contributed by atoms with Crippen LogP contribution in [0.1, 0.15) is 33.8 Å². The number of ether oxygens (including phenoxy) is 1. The molecular formula is C12H15NO5. The minimum absolute atomic E-state index is 0.114. The lowest BCUT2D eigenvalue weighted by atomic mass is 10.1. The van der Waals surface area contributed by atoms with Gasteiger partial charge in [0, 0.05) is 19.8 Å². The Kier molecular flexibility index (Phi) is 3.99. The molecule has 1 aromatic heterocycles. The van der Waals surface area contributed by atoms with E-state index < -0.39 is 11.9 Å². The van der Waals surface area contributed by atoms with Crippen LogP contribution in [0.5, 0.6) is 0 Å². The maximum absolute atomic E-state index is 11.7. The monoisotopic (exact) mass is 253 g/mol. The molecule has 2 heterocycles. The van der Waals surface area contributed by atoms with Gasteiger partial charge in [0.1, 0.15) is 5.56 Å². The van der Waals surface area contributed by atoms with Crippen molar-refractivity contribution >= 4 is 11.9 Å². The van der Waals surface area contributed by atoms with Crippen LogP contribution in [0.2, 0.25) is 0 Å². The molecule has 0 radical (unpaired) electrons. The van der Waals surface area contributed by atoms with Gasteiger partial charge in [0.05, 0.1) is 6.26 Å². The number of carboxylic acid groups (broad SMARTS) is 1. The summed E-state index contributed by atoms with van der Waals surface area (Å²) in [7, 11) is 0. The second-order valence-corrected chi connectivity index (χ2v) is 4.24. The fourth-order valence-electron chi connectivity index (χ4n) is 1.93. The van der Waals surface area contributed by atoms with Crippen LogP contribution in [-0.2, 0) is 4.74 Å². The predicted octanol–water partition coefficient (Wildman–Crippen LogP) is 1.13. The molecule has 1 amide bonds. The zero-order chi connectivity index (χ0) is 13.0. The van der Waals surface area contributed by atoms with E-state index in [1.54, 1.807) is 0 Å². The van der Waals surface area contributed by atoms with Crippen molar-refractivity contribution in [3.8, 4) is 0 Å². The molecule has 1 aliphatic heterocycles. The summed E-state index contributed by atoms with van der Waals surface area (Å²) in [5.74, 6) is -1.33. The highest BCUT2D eigenvalue weighted by Gasteiger charge is 2.21. The van der Waals surface area contributed by atoms with Crippen molar-refractivity contribution < 1.29 is 23.8 Å². The van der Waals surface area contributed by atoms with Crippen LogP contribution in [0.15, 0.2) is 16.7 Å². The summed E-state index contributed by atoms with van der Waals surface area (Å²) in [5.41, 5.74) is -0.114. The average molecular weight is 253 g/mol. The van der Waals surface area contributed by atoms with E-state index in [0.717, 1.165) is 26.1 Å². The fourth-order valence-corrected chi connectivity index (χ4v) is 1.93. The van der Waals surface area contributed by atoms with Gasteiger partial charge >= 0.3 is 5.97 Å². The van der Waals surface area contributed by atoms with Gasteiger partial charge in [-0.1, -0.05) is 0 Å². The minimum atomic E-state index is -1.17. The lowest BCUT2D eigenvalue weighted by Crippen LogP contribution is -2.27. The number of carbonyl (C=O) groups excluding carboxylic acids is 1. The van der Waals surface area contributed by atoms with Crippen molar-refractivity contribution in [1.29, 1.82) is 0 Å². The van der Waals surface area contributed by atoms with Crippen LogP contribution in [0.25, 0.3) is 0 Å². The standard InChI is InChI=1S/C12H15NO5/c14-11(10-9(12(15)16)3-6-18-10)13-4-1-8-2-5-17-7-8/h3,6,8H,1-2,4-5,7H2,(H,13,14)(H,15,16). The molecule has 1 aliphatic rings. The Morgan fingerprint density at radius 2 is 2.33 bits per heavy atom. The molecule has 0 saturated carbocycles. The summed E-state index contributed by atoms with van der Waals surface area (Å²) >= 11 is 0. The number of nitrogens with one attached hydrogen (secondary N) is 1. The molecule has 2 rings (SSSR count). The second kappa shape index (κ2) is 5.68. The number of carboxylic acids is 1. The molecule has 98 valence electrons. The number of carbonyl (C=O) groups is 2. The van der Waals surface area contributed by atoms with Gasteiger partial charge in [-0.05, 0) is 24.8 Å². The number of amides is 1. The average Bonchev–Trinajstić information content (AvgIpc) is 2.99. The van der Waals surface area contributed by atoms with Gasteiger partial charge in [-0.25, -0.2) is 4.79 Å². The Morgan fingerprint density at radius 3 is 3.00 bits per heavy atom. The predicted molar refractivity (Wildman–Crippen MR) is 61.5 cm³/mol. The van der Waals surface area contributed by atoms with E-state index in [0.29, 0.717) is 12.5 Å². The molecule has 0 aliphatic carbocycles. The molecule has 6 nitrogen and oxygen atoms in total. The highest BCUT2D eigenvalue weighted by Crippen LogP contribution is 2.15. The first kappa shape index (κ1) is 12.6. The summed E-state index contributed by atoms with van der Waals surface area (Å²) < 4.78 is 10.1. The Balaban J connectivity index is 1.83. The summed E-state index contributed by atoms with van der Waals surface area (Å²) in [5, 5.41) is 11.5. The molecule has 1 unspecified atom stereocenters. The zero-order valence-electron chi connectivity index (χ0n) is 9.85. The summed E-state index contributed by atoms with van der Waals surface area (Å²) in [4.78, 5) is 22.5. The van der Waals surface area contributed by atoms with Crippen LogP contribution in [0.4, 0.5) is 0 Å². The quantitative estimate of drug-likeness (QED) is 0.821. The van der Waals surface area contributed by atoms with Crippen molar-refractivity contribution in [1.82, 2.24) is 5.32 Å². The van der Waals surface area contributed by atoms with Gasteiger partial charge in [0.25, 0.3) is 5.91 Å². The smallest absolute Gasteiger partial charge is 0.339 e. The van der Waals surface area contributed by atoms with E-state index in [2.05, 4.69) is 5.32 Å². The number of hydrogen-bond acceptors (Lipinski definition) is 4. The van der Waals surface area contributed by atoms with Gasteiger partial charge in [-0.15, -0.1) is 0 Å². The van der Waals surface area contributed by atoms with Crippen molar-refractivity contribution in [3.05, 3.63) is 23.7 Å². The number of furan rings is 1. The van der Waals surface area contributed by atoms with Crippen molar-refractivity contribution in [2.75, 3.05) is 19.8 Å². The molecule has 6 heteroatoms. The third-order valence-electron chi connectivity index (χ3n) is 2.96. The molecule has 1 saturated heterocycles. The Morgan fingerprint density at radius 1 is 1.50 bits per heavy atom. The van der Waals surface area contributed by atoms with Crippen molar-refractivity contribution in [2.45, 2.75) is 12.8 Å². The van der Waals surface area contributed by atoms with E-state index in [9.17, 15) is 9.59 Å². The molecular weight excluding hydrogens is 238 g/mol. The van der Waals surface area contributed by atoms with Crippen LogP contribution >= 0.6 is 0 Å².